The van der Waals surface area contributed by atoms with Gasteiger partial charge in [0.2, 0.25) is 0 Å². The van der Waals surface area contributed by atoms with Crippen molar-refractivity contribution in [2.24, 2.45) is 11.1 Å². The van der Waals surface area contributed by atoms with E-state index in [2.05, 4.69) is 42.2 Å². The highest BCUT2D eigenvalue weighted by atomic mass is 15.2. The molecule has 1 heterocycles. The second-order valence-corrected chi connectivity index (χ2v) is 5.48. The minimum atomic E-state index is 0.402. The molecule has 0 aromatic heterocycles. The Morgan fingerprint density at radius 3 is 2.56 bits per heavy atom. The number of likely N-dealkylation sites (tertiary alicyclic amines) is 1. The van der Waals surface area contributed by atoms with Crippen LogP contribution in [0.3, 0.4) is 0 Å². The van der Waals surface area contributed by atoms with Crippen LogP contribution in [0.4, 0.5) is 0 Å². The summed E-state index contributed by atoms with van der Waals surface area (Å²) >= 11 is 0. The van der Waals surface area contributed by atoms with Crippen molar-refractivity contribution in [1.82, 2.24) is 4.90 Å². The van der Waals surface area contributed by atoms with E-state index < -0.39 is 0 Å². The molecule has 0 radical (unpaired) electrons. The van der Waals surface area contributed by atoms with Crippen LogP contribution in [0.5, 0.6) is 0 Å². The van der Waals surface area contributed by atoms with E-state index in [0.29, 0.717) is 17.5 Å². The van der Waals surface area contributed by atoms with Crippen LogP contribution in [-0.4, -0.2) is 24.0 Å². The molecule has 86 valence electrons. The molecule has 1 aliphatic carbocycles. The van der Waals surface area contributed by atoms with Crippen molar-refractivity contribution in [3.8, 4) is 0 Å². The zero-order valence-electron chi connectivity index (χ0n) is 9.89. The third kappa shape index (κ3) is 1.57. The minimum Gasteiger partial charge on any atom is -0.326 e. The molecule has 0 amide bonds. The van der Waals surface area contributed by atoms with Gasteiger partial charge in [-0.05, 0) is 30.7 Å². The van der Waals surface area contributed by atoms with E-state index >= 15 is 0 Å². The largest absolute Gasteiger partial charge is 0.326 e. The molecule has 16 heavy (non-hydrogen) atoms. The second-order valence-electron chi connectivity index (χ2n) is 5.48. The zero-order valence-corrected chi connectivity index (χ0v) is 9.89. The van der Waals surface area contributed by atoms with Gasteiger partial charge in [0.05, 0.1) is 0 Å². The molecule has 1 saturated heterocycles. The summed E-state index contributed by atoms with van der Waals surface area (Å²) in [7, 11) is 0. The van der Waals surface area contributed by atoms with E-state index in [9.17, 15) is 0 Å². The predicted octanol–water partition coefficient (Wildman–Crippen LogP) is 2.17. The third-order valence-electron chi connectivity index (χ3n) is 4.46. The van der Waals surface area contributed by atoms with Gasteiger partial charge in [-0.2, -0.15) is 0 Å². The maximum absolute atomic E-state index is 6.24. The van der Waals surface area contributed by atoms with E-state index in [0.717, 1.165) is 6.54 Å². The van der Waals surface area contributed by atoms with Gasteiger partial charge < -0.3 is 5.73 Å². The molecule has 2 fully saturated rings. The lowest BCUT2D eigenvalue weighted by atomic mass is 10.0. The smallest absolute Gasteiger partial charge is 0.0320 e. The Balaban J connectivity index is 1.75. The summed E-state index contributed by atoms with van der Waals surface area (Å²) in [4.78, 5) is 2.55. The number of nitrogens with zero attached hydrogens (tertiary/aromatic N) is 1. The normalized spacial score (nSPS) is 29.5. The van der Waals surface area contributed by atoms with Crippen molar-refractivity contribution in [3.05, 3.63) is 35.9 Å². The molecule has 2 N–H and O–H groups in total. The lowest BCUT2D eigenvalue weighted by Gasteiger charge is -2.24. The second kappa shape index (κ2) is 3.57. The van der Waals surface area contributed by atoms with Gasteiger partial charge in [0.15, 0.2) is 0 Å². The summed E-state index contributed by atoms with van der Waals surface area (Å²) in [6, 6.07) is 11.7. The fourth-order valence-corrected chi connectivity index (χ4v) is 2.96. The van der Waals surface area contributed by atoms with Crippen molar-refractivity contribution in [3.63, 3.8) is 0 Å². The number of nitrogens with two attached hydrogens (primary N) is 1. The highest BCUT2D eigenvalue weighted by molar-refractivity contribution is 5.20. The van der Waals surface area contributed by atoms with Gasteiger partial charge in [-0.3, -0.25) is 4.90 Å². The third-order valence-corrected chi connectivity index (χ3v) is 4.46. The van der Waals surface area contributed by atoms with E-state index in [1.54, 1.807) is 0 Å². The molecule has 2 atom stereocenters. The molecule has 1 aromatic carbocycles. The maximum Gasteiger partial charge on any atom is 0.0320 e. The average Bonchev–Trinajstić information content (AvgIpc) is 3.01. The summed E-state index contributed by atoms with van der Waals surface area (Å²) in [5.74, 6) is 0. The first-order valence-corrected chi connectivity index (χ1v) is 6.26. The highest BCUT2D eigenvalue weighted by Crippen LogP contribution is 2.53. The van der Waals surface area contributed by atoms with Crippen molar-refractivity contribution < 1.29 is 0 Å². The summed E-state index contributed by atoms with van der Waals surface area (Å²) in [5, 5.41) is 0. The Morgan fingerprint density at radius 1 is 1.31 bits per heavy atom. The Bertz CT molecular complexity index is 370. The molecule has 1 spiro atoms. The Morgan fingerprint density at radius 2 is 2.00 bits per heavy atom. The summed E-state index contributed by atoms with van der Waals surface area (Å²) in [6.45, 7) is 4.56. The van der Waals surface area contributed by atoms with Gasteiger partial charge >= 0.3 is 0 Å². The first-order chi connectivity index (χ1) is 7.71. The van der Waals surface area contributed by atoms with Crippen LogP contribution in [-0.2, 0) is 0 Å². The maximum atomic E-state index is 6.24. The first-order valence-electron chi connectivity index (χ1n) is 6.26. The number of hydrogen-bond donors (Lipinski definition) is 1. The van der Waals surface area contributed by atoms with Crippen molar-refractivity contribution in [2.75, 3.05) is 13.1 Å². The SMILES string of the molecule is C[C@H](c1ccccc1)N1CC(N)C2(CC2)C1. The number of rotatable bonds is 2. The van der Waals surface area contributed by atoms with Crippen LogP contribution in [0.2, 0.25) is 0 Å². The summed E-state index contributed by atoms with van der Waals surface area (Å²) in [5.41, 5.74) is 8.14. The van der Waals surface area contributed by atoms with Crippen LogP contribution in [0.25, 0.3) is 0 Å². The Labute approximate surface area is 97.4 Å². The Hall–Kier alpha value is -0.860. The van der Waals surface area contributed by atoms with E-state index in [1.165, 1.54) is 24.9 Å². The van der Waals surface area contributed by atoms with Gasteiger partial charge in [-0.25, -0.2) is 0 Å². The van der Waals surface area contributed by atoms with E-state index in [1.807, 2.05) is 0 Å². The van der Waals surface area contributed by atoms with Crippen LogP contribution in [0, 0.1) is 5.41 Å². The van der Waals surface area contributed by atoms with Gasteiger partial charge in [0.25, 0.3) is 0 Å². The summed E-state index contributed by atoms with van der Waals surface area (Å²) < 4.78 is 0. The van der Waals surface area contributed by atoms with Crippen LogP contribution in [0.1, 0.15) is 31.4 Å². The van der Waals surface area contributed by atoms with E-state index in [4.69, 9.17) is 5.73 Å². The molecule has 2 nitrogen and oxygen atoms in total. The molecule has 2 aliphatic rings. The Kier molecular flexibility index (Phi) is 2.30. The number of benzene rings is 1. The van der Waals surface area contributed by atoms with Crippen molar-refractivity contribution >= 4 is 0 Å². The lowest BCUT2D eigenvalue weighted by Crippen LogP contribution is -2.31. The van der Waals surface area contributed by atoms with E-state index in [-0.39, 0.29) is 0 Å². The molecular weight excluding hydrogens is 196 g/mol. The standard InChI is InChI=1S/C14H20N2/c1-11(12-5-3-2-4-6-12)16-9-13(15)14(10-16)7-8-14/h2-6,11,13H,7-10,15H2,1H3/t11-,13?/m1/s1. The van der Waals surface area contributed by atoms with Crippen molar-refractivity contribution in [1.29, 1.82) is 0 Å². The first kappa shape index (κ1) is 10.3. The summed E-state index contributed by atoms with van der Waals surface area (Å²) in [6.07, 6.45) is 2.68. The average molecular weight is 216 g/mol. The van der Waals surface area contributed by atoms with Crippen LogP contribution < -0.4 is 5.73 Å². The quantitative estimate of drug-likeness (QED) is 0.821. The fourth-order valence-electron chi connectivity index (χ4n) is 2.96. The lowest BCUT2D eigenvalue weighted by molar-refractivity contribution is 0.249. The molecule has 3 rings (SSSR count). The zero-order chi connectivity index (χ0) is 11.2. The van der Waals surface area contributed by atoms with Gasteiger partial charge in [-0.15, -0.1) is 0 Å². The van der Waals surface area contributed by atoms with Crippen LogP contribution in [0.15, 0.2) is 30.3 Å². The molecular formula is C14H20N2. The van der Waals surface area contributed by atoms with Gasteiger partial charge in [0.1, 0.15) is 0 Å². The topological polar surface area (TPSA) is 29.3 Å². The van der Waals surface area contributed by atoms with Gasteiger partial charge in [0, 0.05) is 25.2 Å². The molecule has 0 bridgehead atoms. The molecule has 1 unspecified atom stereocenters. The predicted molar refractivity (Wildman–Crippen MR) is 66.1 cm³/mol. The minimum absolute atomic E-state index is 0.402. The number of hydrogen-bond acceptors (Lipinski definition) is 2. The molecule has 1 aliphatic heterocycles. The fraction of sp³-hybridized carbons (Fsp3) is 0.571. The molecule has 1 saturated carbocycles. The monoisotopic (exact) mass is 216 g/mol. The molecule has 1 aromatic rings. The van der Waals surface area contributed by atoms with Gasteiger partial charge in [-0.1, -0.05) is 30.3 Å². The van der Waals surface area contributed by atoms with Crippen molar-refractivity contribution in [2.45, 2.75) is 31.8 Å². The highest BCUT2D eigenvalue weighted by Gasteiger charge is 2.54. The molecule has 2 heteroatoms. The van der Waals surface area contributed by atoms with Crippen LogP contribution >= 0.6 is 0 Å².